The van der Waals surface area contributed by atoms with Gasteiger partial charge in [-0.1, -0.05) is 12.1 Å². The first-order chi connectivity index (χ1) is 8.19. The predicted molar refractivity (Wildman–Crippen MR) is 70.5 cm³/mol. The third kappa shape index (κ3) is 2.31. The standard InChI is InChI=1S/C14H22N2O/c1-4-17-13-7-5-12(6-8-13)14(16(2)3)9-10-15-11-14/h5-8,15H,4,9-11H2,1-3H3. The lowest BCUT2D eigenvalue weighted by Crippen LogP contribution is -2.43. The number of hydrogen-bond acceptors (Lipinski definition) is 3. The van der Waals surface area contributed by atoms with E-state index in [4.69, 9.17) is 4.74 Å². The van der Waals surface area contributed by atoms with E-state index < -0.39 is 0 Å². The van der Waals surface area contributed by atoms with E-state index in [-0.39, 0.29) is 5.54 Å². The van der Waals surface area contributed by atoms with E-state index in [0.29, 0.717) is 0 Å². The summed E-state index contributed by atoms with van der Waals surface area (Å²) < 4.78 is 5.49. The molecule has 2 rings (SSSR count). The molecule has 3 nitrogen and oxygen atoms in total. The summed E-state index contributed by atoms with van der Waals surface area (Å²) in [6, 6.07) is 8.53. The molecule has 1 fully saturated rings. The molecule has 0 bridgehead atoms. The summed E-state index contributed by atoms with van der Waals surface area (Å²) in [5.74, 6) is 0.955. The molecule has 1 saturated heterocycles. The lowest BCUT2D eigenvalue weighted by atomic mass is 9.88. The number of nitrogens with zero attached hydrogens (tertiary/aromatic N) is 1. The van der Waals surface area contributed by atoms with Crippen molar-refractivity contribution in [2.45, 2.75) is 18.9 Å². The van der Waals surface area contributed by atoms with Crippen molar-refractivity contribution in [2.24, 2.45) is 0 Å². The van der Waals surface area contributed by atoms with Crippen LogP contribution in [0.15, 0.2) is 24.3 Å². The second-order valence-corrected chi connectivity index (χ2v) is 4.81. The lowest BCUT2D eigenvalue weighted by Gasteiger charge is -2.36. The molecule has 1 heterocycles. The van der Waals surface area contributed by atoms with Gasteiger partial charge in [0.2, 0.25) is 0 Å². The van der Waals surface area contributed by atoms with E-state index in [1.54, 1.807) is 0 Å². The molecule has 1 aliphatic rings. The maximum atomic E-state index is 5.49. The van der Waals surface area contributed by atoms with Gasteiger partial charge >= 0.3 is 0 Å². The topological polar surface area (TPSA) is 24.5 Å². The van der Waals surface area contributed by atoms with E-state index in [9.17, 15) is 0 Å². The third-order valence-electron chi connectivity index (χ3n) is 3.69. The number of rotatable bonds is 4. The van der Waals surface area contributed by atoms with Crippen molar-refractivity contribution in [3.63, 3.8) is 0 Å². The quantitative estimate of drug-likeness (QED) is 0.860. The second-order valence-electron chi connectivity index (χ2n) is 4.81. The maximum Gasteiger partial charge on any atom is 0.119 e. The van der Waals surface area contributed by atoms with Crippen LogP contribution in [0, 0.1) is 0 Å². The van der Waals surface area contributed by atoms with Crippen LogP contribution in [0.1, 0.15) is 18.9 Å². The van der Waals surface area contributed by atoms with Gasteiger partial charge in [-0.15, -0.1) is 0 Å². The van der Waals surface area contributed by atoms with Gasteiger partial charge in [-0.2, -0.15) is 0 Å². The average molecular weight is 234 g/mol. The van der Waals surface area contributed by atoms with Crippen LogP contribution >= 0.6 is 0 Å². The fourth-order valence-electron chi connectivity index (χ4n) is 2.59. The molecule has 1 aliphatic heterocycles. The normalized spacial score (nSPS) is 24.2. The van der Waals surface area contributed by atoms with Gasteiger partial charge in [-0.25, -0.2) is 0 Å². The molecule has 17 heavy (non-hydrogen) atoms. The van der Waals surface area contributed by atoms with Crippen molar-refractivity contribution in [3.05, 3.63) is 29.8 Å². The third-order valence-corrected chi connectivity index (χ3v) is 3.69. The molecule has 1 atom stereocenters. The van der Waals surface area contributed by atoms with Crippen molar-refractivity contribution in [1.29, 1.82) is 0 Å². The monoisotopic (exact) mass is 234 g/mol. The fourth-order valence-corrected chi connectivity index (χ4v) is 2.59. The Kier molecular flexibility index (Phi) is 3.69. The number of nitrogens with one attached hydrogen (secondary N) is 1. The molecule has 0 aliphatic carbocycles. The van der Waals surface area contributed by atoms with Crippen LogP contribution < -0.4 is 10.1 Å². The minimum atomic E-state index is 0.144. The van der Waals surface area contributed by atoms with E-state index >= 15 is 0 Å². The largest absolute Gasteiger partial charge is 0.494 e. The zero-order valence-electron chi connectivity index (χ0n) is 11.0. The Bertz CT molecular complexity index is 353. The van der Waals surface area contributed by atoms with Crippen molar-refractivity contribution in [3.8, 4) is 5.75 Å². The molecule has 0 saturated carbocycles. The summed E-state index contributed by atoms with van der Waals surface area (Å²) in [6.45, 7) is 4.84. The zero-order chi connectivity index (χ0) is 12.3. The Morgan fingerprint density at radius 1 is 1.29 bits per heavy atom. The molecule has 3 heteroatoms. The van der Waals surface area contributed by atoms with E-state index in [1.807, 2.05) is 6.92 Å². The zero-order valence-corrected chi connectivity index (χ0v) is 11.0. The molecule has 1 aromatic carbocycles. The second kappa shape index (κ2) is 5.07. The highest BCUT2D eigenvalue weighted by atomic mass is 16.5. The van der Waals surface area contributed by atoms with Crippen LogP contribution in [0.4, 0.5) is 0 Å². The van der Waals surface area contributed by atoms with Crippen molar-refractivity contribution >= 4 is 0 Å². The van der Waals surface area contributed by atoms with Gasteiger partial charge in [0, 0.05) is 6.54 Å². The highest BCUT2D eigenvalue weighted by molar-refractivity contribution is 5.33. The number of ether oxygens (including phenoxy) is 1. The molecule has 0 radical (unpaired) electrons. The maximum absolute atomic E-state index is 5.49. The predicted octanol–water partition coefficient (Wildman–Crippen LogP) is 1.84. The van der Waals surface area contributed by atoms with Crippen LogP contribution in [-0.2, 0) is 5.54 Å². The Labute approximate surface area is 104 Å². The van der Waals surface area contributed by atoms with E-state index in [1.165, 1.54) is 5.56 Å². The van der Waals surface area contributed by atoms with Crippen LogP contribution in [0.5, 0.6) is 5.75 Å². The van der Waals surface area contributed by atoms with Crippen molar-refractivity contribution in [2.75, 3.05) is 33.8 Å². The first-order valence-corrected chi connectivity index (χ1v) is 6.30. The van der Waals surface area contributed by atoms with Gasteiger partial charge in [0.05, 0.1) is 12.1 Å². The number of benzene rings is 1. The molecule has 94 valence electrons. The molecule has 1 unspecified atom stereocenters. The molecular weight excluding hydrogens is 212 g/mol. The molecular formula is C14H22N2O. The lowest BCUT2D eigenvalue weighted by molar-refractivity contribution is 0.174. The van der Waals surface area contributed by atoms with Crippen LogP contribution in [0.3, 0.4) is 0 Å². The summed E-state index contributed by atoms with van der Waals surface area (Å²) in [4.78, 5) is 2.32. The van der Waals surface area contributed by atoms with Gasteiger partial charge in [-0.05, 0) is 51.7 Å². The molecule has 0 amide bonds. The molecule has 0 spiro atoms. The van der Waals surface area contributed by atoms with Crippen molar-refractivity contribution < 1.29 is 4.74 Å². The average Bonchev–Trinajstić information content (AvgIpc) is 2.81. The Morgan fingerprint density at radius 2 is 2.00 bits per heavy atom. The van der Waals surface area contributed by atoms with Gasteiger partial charge in [0.15, 0.2) is 0 Å². The number of likely N-dealkylation sites (N-methyl/N-ethyl adjacent to an activating group) is 1. The van der Waals surface area contributed by atoms with Crippen LogP contribution in [-0.4, -0.2) is 38.7 Å². The Morgan fingerprint density at radius 3 is 2.47 bits per heavy atom. The summed E-state index contributed by atoms with van der Waals surface area (Å²) in [5.41, 5.74) is 1.51. The SMILES string of the molecule is CCOc1ccc(C2(N(C)C)CCNC2)cc1. The highest BCUT2D eigenvalue weighted by Crippen LogP contribution is 2.33. The summed E-state index contributed by atoms with van der Waals surface area (Å²) in [7, 11) is 4.31. The Hall–Kier alpha value is -1.06. The summed E-state index contributed by atoms with van der Waals surface area (Å²) >= 11 is 0. The van der Waals surface area contributed by atoms with E-state index in [2.05, 4.69) is 48.6 Å². The first-order valence-electron chi connectivity index (χ1n) is 6.30. The number of hydrogen-bond donors (Lipinski definition) is 1. The minimum Gasteiger partial charge on any atom is -0.494 e. The van der Waals surface area contributed by atoms with Crippen molar-refractivity contribution in [1.82, 2.24) is 10.2 Å². The Balaban J connectivity index is 2.25. The fraction of sp³-hybridized carbons (Fsp3) is 0.571. The molecule has 1 N–H and O–H groups in total. The van der Waals surface area contributed by atoms with Gasteiger partial charge < -0.3 is 10.1 Å². The van der Waals surface area contributed by atoms with E-state index in [0.717, 1.165) is 31.9 Å². The van der Waals surface area contributed by atoms with Gasteiger partial charge in [0.25, 0.3) is 0 Å². The molecule has 1 aromatic rings. The van der Waals surface area contributed by atoms with Crippen LogP contribution in [0.2, 0.25) is 0 Å². The highest BCUT2D eigenvalue weighted by Gasteiger charge is 2.37. The van der Waals surface area contributed by atoms with Crippen LogP contribution in [0.25, 0.3) is 0 Å². The summed E-state index contributed by atoms with van der Waals surface area (Å²) in [6.07, 6.45) is 1.16. The molecule has 0 aromatic heterocycles. The smallest absolute Gasteiger partial charge is 0.119 e. The van der Waals surface area contributed by atoms with Gasteiger partial charge in [-0.3, -0.25) is 4.90 Å². The summed E-state index contributed by atoms with van der Waals surface area (Å²) in [5, 5.41) is 3.46. The first kappa shape index (κ1) is 12.4. The van der Waals surface area contributed by atoms with Gasteiger partial charge in [0.1, 0.15) is 5.75 Å². The minimum absolute atomic E-state index is 0.144.